The van der Waals surface area contributed by atoms with Crippen LogP contribution in [0.4, 0.5) is 11.4 Å². The van der Waals surface area contributed by atoms with E-state index in [1.807, 2.05) is 48.5 Å². The maximum atomic E-state index is 12.4. The molecule has 5 nitrogen and oxygen atoms in total. The highest BCUT2D eigenvalue weighted by Gasteiger charge is 2.31. The molecule has 5 heteroatoms. The van der Waals surface area contributed by atoms with Crippen LogP contribution in [0.15, 0.2) is 48.5 Å². The smallest absolute Gasteiger partial charge is 0.267 e. The fourth-order valence-electron chi connectivity index (χ4n) is 3.00. The molecule has 0 saturated heterocycles. The Morgan fingerprint density at radius 1 is 1.19 bits per heavy atom. The number of hydrogen-bond acceptors (Lipinski definition) is 3. The molecule has 136 valence electrons. The molecule has 1 unspecified atom stereocenters. The Morgan fingerprint density at radius 3 is 2.73 bits per heavy atom. The van der Waals surface area contributed by atoms with Gasteiger partial charge in [-0.1, -0.05) is 38.1 Å². The van der Waals surface area contributed by atoms with Crippen LogP contribution in [0.1, 0.15) is 38.7 Å². The molecule has 0 fully saturated rings. The lowest BCUT2D eigenvalue weighted by Gasteiger charge is -2.32. The van der Waals surface area contributed by atoms with Crippen molar-refractivity contribution in [1.82, 2.24) is 0 Å². The predicted octanol–water partition coefficient (Wildman–Crippen LogP) is 3.95. The molecule has 0 aromatic heterocycles. The zero-order valence-corrected chi connectivity index (χ0v) is 15.4. The minimum Gasteiger partial charge on any atom is -0.479 e. The van der Waals surface area contributed by atoms with Crippen LogP contribution in [0.25, 0.3) is 0 Å². The molecule has 1 heterocycles. The van der Waals surface area contributed by atoms with Gasteiger partial charge in [0.1, 0.15) is 5.75 Å². The van der Waals surface area contributed by atoms with Gasteiger partial charge >= 0.3 is 0 Å². The van der Waals surface area contributed by atoms with E-state index in [0.717, 1.165) is 5.69 Å². The van der Waals surface area contributed by atoms with Crippen molar-refractivity contribution in [2.75, 3.05) is 16.8 Å². The average molecular weight is 352 g/mol. The number of ether oxygens (including phenoxy) is 1. The molecule has 0 bridgehead atoms. The van der Waals surface area contributed by atoms with Gasteiger partial charge in [0.15, 0.2) is 6.10 Å². The number of rotatable bonds is 5. The Hall–Kier alpha value is -2.82. The zero-order chi connectivity index (χ0) is 18.7. The first-order valence-electron chi connectivity index (χ1n) is 8.92. The monoisotopic (exact) mass is 352 g/mol. The molecular weight excluding hydrogens is 328 g/mol. The molecule has 1 atom stereocenters. The summed E-state index contributed by atoms with van der Waals surface area (Å²) in [6.45, 7) is 6.27. The summed E-state index contributed by atoms with van der Waals surface area (Å²) >= 11 is 0. The van der Waals surface area contributed by atoms with Crippen molar-refractivity contribution in [3.8, 4) is 5.75 Å². The van der Waals surface area contributed by atoms with Gasteiger partial charge < -0.3 is 15.0 Å². The molecule has 3 rings (SSSR count). The van der Waals surface area contributed by atoms with Crippen molar-refractivity contribution in [2.45, 2.75) is 39.2 Å². The lowest BCUT2D eigenvalue weighted by atomic mass is 10.0. The van der Waals surface area contributed by atoms with E-state index in [2.05, 4.69) is 19.2 Å². The van der Waals surface area contributed by atoms with Crippen LogP contribution in [0.5, 0.6) is 5.75 Å². The minimum absolute atomic E-state index is 0.115. The molecule has 1 aliphatic rings. The van der Waals surface area contributed by atoms with Crippen LogP contribution in [0.3, 0.4) is 0 Å². The number of carbonyl (C=O) groups is 2. The van der Waals surface area contributed by atoms with Gasteiger partial charge in [0.05, 0.1) is 5.69 Å². The number of carbonyl (C=O) groups excluding carboxylic acids is 2. The first kappa shape index (κ1) is 18.0. The van der Waals surface area contributed by atoms with Crippen molar-refractivity contribution in [2.24, 2.45) is 0 Å². The molecule has 0 spiro atoms. The summed E-state index contributed by atoms with van der Waals surface area (Å²) in [7, 11) is 0. The quantitative estimate of drug-likeness (QED) is 0.886. The van der Waals surface area contributed by atoms with Gasteiger partial charge in [-0.2, -0.15) is 0 Å². The molecule has 2 aromatic rings. The van der Waals surface area contributed by atoms with Gasteiger partial charge in [-0.15, -0.1) is 0 Å². The third kappa shape index (κ3) is 3.87. The highest BCUT2D eigenvalue weighted by Crippen LogP contribution is 2.33. The van der Waals surface area contributed by atoms with Crippen LogP contribution in [-0.4, -0.2) is 24.5 Å². The van der Waals surface area contributed by atoms with Gasteiger partial charge in [-0.25, -0.2) is 0 Å². The van der Waals surface area contributed by atoms with Crippen LogP contribution >= 0.6 is 0 Å². The van der Waals surface area contributed by atoms with Crippen LogP contribution in [-0.2, 0) is 9.59 Å². The van der Waals surface area contributed by atoms with Gasteiger partial charge in [0.2, 0.25) is 5.91 Å². The van der Waals surface area contributed by atoms with E-state index >= 15 is 0 Å². The van der Waals surface area contributed by atoms with E-state index in [1.54, 1.807) is 11.8 Å². The standard InChI is InChI=1S/C21H24N2O3/c1-14(2)16-7-6-8-17(13-16)22-20(24)11-12-23-18-9-4-5-10-19(18)26-15(3)21(23)25/h4-10,13-15H,11-12H2,1-3H3,(H,22,24). The first-order chi connectivity index (χ1) is 12.5. The molecule has 1 aliphatic heterocycles. The van der Waals surface area contributed by atoms with Crippen LogP contribution in [0.2, 0.25) is 0 Å². The third-order valence-electron chi connectivity index (χ3n) is 4.47. The van der Waals surface area contributed by atoms with Crippen molar-refractivity contribution in [1.29, 1.82) is 0 Å². The second kappa shape index (κ2) is 7.60. The fraction of sp³-hybridized carbons (Fsp3) is 0.333. The van der Waals surface area contributed by atoms with Crippen LogP contribution in [0, 0.1) is 0 Å². The molecular formula is C21H24N2O3. The molecule has 0 aliphatic carbocycles. The Kier molecular flexibility index (Phi) is 5.26. The normalized spacial score (nSPS) is 16.2. The van der Waals surface area contributed by atoms with Gasteiger partial charge in [0.25, 0.3) is 5.91 Å². The number of fused-ring (bicyclic) bond motifs is 1. The summed E-state index contributed by atoms with van der Waals surface area (Å²) in [6, 6.07) is 15.2. The topological polar surface area (TPSA) is 58.6 Å². The van der Waals surface area contributed by atoms with Gasteiger partial charge in [-0.3, -0.25) is 9.59 Å². The summed E-state index contributed by atoms with van der Waals surface area (Å²) in [4.78, 5) is 26.4. The number of benzene rings is 2. The average Bonchev–Trinajstić information content (AvgIpc) is 2.62. The van der Waals surface area contributed by atoms with E-state index in [4.69, 9.17) is 4.74 Å². The number of nitrogens with zero attached hydrogens (tertiary/aromatic N) is 1. The summed E-state index contributed by atoms with van der Waals surface area (Å²) in [6.07, 6.45) is -0.325. The van der Waals surface area contributed by atoms with E-state index in [-0.39, 0.29) is 18.2 Å². The molecule has 2 amide bonds. The number of amides is 2. The first-order valence-corrected chi connectivity index (χ1v) is 8.92. The third-order valence-corrected chi connectivity index (χ3v) is 4.47. The van der Waals surface area contributed by atoms with E-state index < -0.39 is 6.10 Å². The SMILES string of the molecule is CC1Oc2ccccc2N(CCC(=O)Nc2cccc(C(C)C)c2)C1=O. The fourth-order valence-corrected chi connectivity index (χ4v) is 3.00. The number of nitrogens with one attached hydrogen (secondary N) is 1. The molecule has 0 saturated carbocycles. The Balaban J connectivity index is 1.66. The Labute approximate surface area is 154 Å². The van der Waals surface area contributed by atoms with Crippen molar-refractivity contribution in [3.05, 3.63) is 54.1 Å². The number of anilines is 2. The predicted molar refractivity (Wildman–Crippen MR) is 103 cm³/mol. The second-order valence-electron chi connectivity index (χ2n) is 6.80. The highest BCUT2D eigenvalue weighted by molar-refractivity contribution is 6.00. The molecule has 0 radical (unpaired) electrons. The lowest BCUT2D eigenvalue weighted by Crippen LogP contribution is -2.45. The Morgan fingerprint density at radius 2 is 1.96 bits per heavy atom. The Bertz CT molecular complexity index is 816. The maximum Gasteiger partial charge on any atom is 0.267 e. The maximum absolute atomic E-state index is 12.4. The van der Waals surface area contributed by atoms with Gasteiger partial charge in [0, 0.05) is 18.7 Å². The lowest BCUT2D eigenvalue weighted by molar-refractivity contribution is -0.125. The van der Waals surface area contributed by atoms with Crippen LogP contribution < -0.4 is 15.0 Å². The number of hydrogen-bond donors (Lipinski definition) is 1. The summed E-state index contributed by atoms with van der Waals surface area (Å²) in [5.74, 6) is 0.828. The van der Waals surface area contributed by atoms with E-state index in [0.29, 0.717) is 23.9 Å². The zero-order valence-electron chi connectivity index (χ0n) is 15.4. The minimum atomic E-state index is -0.546. The second-order valence-corrected chi connectivity index (χ2v) is 6.80. The van der Waals surface area contributed by atoms with Crippen molar-refractivity contribution >= 4 is 23.2 Å². The molecule has 2 aromatic carbocycles. The van der Waals surface area contributed by atoms with E-state index in [1.165, 1.54) is 5.56 Å². The molecule has 1 N–H and O–H groups in total. The molecule has 26 heavy (non-hydrogen) atoms. The summed E-state index contributed by atoms with van der Waals surface area (Å²) < 4.78 is 5.62. The summed E-state index contributed by atoms with van der Waals surface area (Å²) in [5.41, 5.74) is 2.67. The largest absolute Gasteiger partial charge is 0.479 e. The highest BCUT2D eigenvalue weighted by atomic mass is 16.5. The van der Waals surface area contributed by atoms with Gasteiger partial charge in [-0.05, 0) is 42.7 Å². The van der Waals surface area contributed by atoms with Crippen molar-refractivity contribution < 1.29 is 14.3 Å². The van der Waals surface area contributed by atoms with E-state index in [9.17, 15) is 9.59 Å². The van der Waals surface area contributed by atoms with Crippen molar-refractivity contribution in [3.63, 3.8) is 0 Å². The summed E-state index contributed by atoms with van der Waals surface area (Å²) in [5, 5.41) is 2.92. The number of para-hydroxylation sites is 2.